The molecule has 0 fully saturated rings. The van der Waals surface area contributed by atoms with E-state index in [0.29, 0.717) is 11.5 Å². The molecular formula is C13H14O5S. The molecule has 0 aliphatic carbocycles. The third kappa shape index (κ3) is 5.48. The number of carbonyl (C=O) groups is 3. The van der Waals surface area contributed by atoms with Crippen LogP contribution in [0.5, 0.6) is 0 Å². The Labute approximate surface area is 114 Å². The predicted molar refractivity (Wildman–Crippen MR) is 71.2 cm³/mol. The highest BCUT2D eigenvalue weighted by Gasteiger charge is 2.10. The first kappa shape index (κ1) is 15.1. The topological polar surface area (TPSA) is 80.7 Å². The molecule has 0 aromatic carbocycles. The third-order valence-corrected chi connectivity index (χ3v) is 3.23. The SMILES string of the molecule is CCOC(=O)C=Cc1ccc(C(=O)CCC(=O)O)s1. The number of esters is 1. The number of thiophene rings is 1. The number of aliphatic carboxylic acids is 1. The molecule has 0 radical (unpaired) electrons. The lowest BCUT2D eigenvalue weighted by atomic mass is 10.2. The van der Waals surface area contributed by atoms with Gasteiger partial charge in [0.1, 0.15) is 0 Å². The van der Waals surface area contributed by atoms with Crippen molar-refractivity contribution in [1.82, 2.24) is 0 Å². The number of hydrogen-bond acceptors (Lipinski definition) is 5. The lowest BCUT2D eigenvalue weighted by Gasteiger charge is -1.94. The molecule has 1 N–H and O–H groups in total. The Bertz CT molecular complexity index is 501. The van der Waals surface area contributed by atoms with E-state index < -0.39 is 11.9 Å². The fourth-order valence-electron chi connectivity index (χ4n) is 1.28. The molecule has 0 spiro atoms. The number of ketones is 1. The van der Waals surface area contributed by atoms with Crippen molar-refractivity contribution in [3.8, 4) is 0 Å². The molecular weight excluding hydrogens is 268 g/mol. The number of ether oxygens (including phenoxy) is 1. The first-order valence-electron chi connectivity index (χ1n) is 5.72. The first-order valence-corrected chi connectivity index (χ1v) is 6.54. The van der Waals surface area contributed by atoms with Crippen molar-refractivity contribution < 1.29 is 24.2 Å². The van der Waals surface area contributed by atoms with Gasteiger partial charge in [-0.25, -0.2) is 4.79 Å². The van der Waals surface area contributed by atoms with Gasteiger partial charge in [-0.05, 0) is 25.1 Å². The van der Waals surface area contributed by atoms with Gasteiger partial charge in [-0.15, -0.1) is 11.3 Å². The molecule has 5 nitrogen and oxygen atoms in total. The zero-order chi connectivity index (χ0) is 14.3. The molecule has 0 saturated carbocycles. The summed E-state index contributed by atoms with van der Waals surface area (Å²) in [6.45, 7) is 2.03. The molecule has 0 bridgehead atoms. The number of hydrogen-bond donors (Lipinski definition) is 1. The molecule has 1 aromatic heterocycles. The van der Waals surface area contributed by atoms with E-state index in [1.807, 2.05) is 0 Å². The van der Waals surface area contributed by atoms with Crippen LogP contribution in [0.15, 0.2) is 18.2 Å². The normalized spacial score (nSPS) is 10.6. The van der Waals surface area contributed by atoms with E-state index in [9.17, 15) is 14.4 Å². The Morgan fingerprint density at radius 2 is 2.05 bits per heavy atom. The highest BCUT2D eigenvalue weighted by Crippen LogP contribution is 2.20. The molecule has 1 aromatic rings. The Hall–Kier alpha value is -1.95. The van der Waals surface area contributed by atoms with Gasteiger partial charge in [0, 0.05) is 17.4 Å². The van der Waals surface area contributed by atoms with Crippen molar-refractivity contribution in [2.45, 2.75) is 19.8 Å². The van der Waals surface area contributed by atoms with E-state index in [2.05, 4.69) is 0 Å². The summed E-state index contributed by atoms with van der Waals surface area (Å²) in [7, 11) is 0. The van der Waals surface area contributed by atoms with Crippen LogP contribution in [-0.4, -0.2) is 29.4 Å². The van der Waals surface area contributed by atoms with Crippen LogP contribution in [-0.2, 0) is 14.3 Å². The largest absolute Gasteiger partial charge is 0.481 e. The standard InChI is InChI=1S/C13H14O5S/c1-2-18-13(17)8-4-9-3-6-11(19-9)10(14)5-7-12(15)16/h3-4,6,8H,2,5,7H2,1H3,(H,15,16). The summed E-state index contributed by atoms with van der Waals surface area (Å²) in [5.74, 6) is -1.63. The van der Waals surface area contributed by atoms with Crippen LogP contribution in [0.3, 0.4) is 0 Å². The molecule has 1 rings (SSSR count). The molecule has 0 atom stereocenters. The van der Waals surface area contributed by atoms with Gasteiger partial charge in [0.25, 0.3) is 0 Å². The number of Topliss-reactive ketones (excluding diaryl/α,β-unsaturated/α-hetero) is 1. The summed E-state index contributed by atoms with van der Waals surface area (Å²) in [5.41, 5.74) is 0. The van der Waals surface area contributed by atoms with Crippen LogP contribution in [0.1, 0.15) is 34.3 Å². The number of carboxylic acids is 1. The van der Waals surface area contributed by atoms with Gasteiger partial charge in [-0.2, -0.15) is 0 Å². The van der Waals surface area contributed by atoms with Crippen LogP contribution in [0.4, 0.5) is 0 Å². The van der Waals surface area contributed by atoms with Gasteiger partial charge < -0.3 is 9.84 Å². The Kier molecular flexibility index (Phi) is 5.95. The minimum atomic E-state index is -0.993. The summed E-state index contributed by atoms with van der Waals surface area (Å²) in [6, 6.07) is 3.33. The second kappa shape index (κ2) is 7.48. The van der Waals surface area contributed by atoms with Crippen LogP contribution in [0.25, 0.3) is 6.08 Å². The predicted octanol–water partition coefficient (Wildman–Crippen LogP) is 2.37. The maximum Gasteiger partial charge on any atom is 0.330 e. The molecule has 0 aliphatic rings. The Morgan fingerprint density at radius 3 is 2.68 bits per heavy atom. The average molecular weight is 282 g/mol. The van der Waals surface area contributed by atoms with Gasteiger partial charge in [-0.1, -0.05) is 0 Å². The molecule has 0 aliphatic heterocycles. The highest BCUT2D eigenvalue weighted by molar-refractivity contribution is 7.14. The molecule has 0 saturated heterocycles. The minimum Gasteiger partial charge on any atom is -0.481 e. The van der Waals surface area contributed by atoms with E-state index >= 15 is 0 Å². The van der Waals surface area contributed by atoms with E-state index in [4.69, 9.17) is 9.84 Å². The summed E-state index contributed by atoms with van der Waals surface area (Å²) >= 11 is 1.22. The monoisotopic (exact) mass is 282 g/mol. The van der Waals surface area contributed by atoms with E-state index in [-0.39, 0.29) is 18.6 Å². The first-order chi connectivity index (χ1) is 9.02. The van der Waals surface area contributed by atoms with Gasteiger partial charge in [0.2, 0.25) is 0 Å². The molecule has 19 heavy (non-hydrogen) atoms. The number of rotatable bonds is 7. The van der Waals surface area contributed by atoms with Crippen molar-refractivity contribution in [2.24, 2.45) is 0 Å². The van der Waals surface area contributed by atoms with Crippen molar-refractivity contribution in [3.63, 3.8) is 0 Å². The summed E-state index contributed by atoms with van der Waals surface area (Å²) in [5, 5.41) is 8.50. The summed E-state index contributed by atoms with van der Waals surface area (Å²) in [6.07, 6.45) is 2.67. The molecule has 6 heteroatoms. The van der Waals surface area contributed by atoms with E-state index in [0.717, 1.165) is 4.88 Å². The average Bonchev–Trinajstić information content (AvgIpc) is 2.82. The molecule has 102 valence electrons. The quantitative estimate of drug-likeness (QED) is 0.472. The van der Waals surface area contributed by atoms with Crippen molar-refractivity contribution in [2.75, 3.05) is 6.61 Å². The Balaban J connectivity index is 2.59. The van der Waals surface area contributed by atoms with Gasteiger partial charge in [-0.3, -0.25) is 9.59 Å². The maximum absolute atomic E-state index is 11.6. The van der Waals surface area contributed by atoms with Crippen LogP contribution >= 0.6 is 11.3 Å². The van der Waals surface area contributed by atoms with Gasteiger partial charge >= 0.3 is 11.9 Å². The zero-order valence-corrected chi connectivity index (χ0v) is 11.2. The van der Waals surface area contributed by atoms with Gasteiger partial charge in [0.05, 0.1) is 17.9 Å². The maximum atomic E-state index is 11.6. The number of carbonyl (C=O) groups excluding carboxylic acids is 2. The highest BCUT2D eigenvalue weighted by atomic mass is 32.1. The fourth-order valence-corrected chi connectivity index (χ4v) is 2.15. The Morgan fingerprint density at radius 1 is 1.32 bits per heavy atom. The van der Waals surface area contributed by atoms with E-state index in [1.54, 1.807) is 25.1 Å². The lowest BCUT2D eigenvalue weighted by Crippen LogP contribution is -2.01. The zero-order valence-electron chi connectivity index (χ0n) is 10.4. The third-order valence-electron chi connectivity index (χ3n) is 2.14. The molecule has 0 amide bonds. The lowest BCUT2D eigenvalue weighted by molar-refractivity contribution is -0.138. The minimum absolute atomic E-state index is 0.0170. The fraction of sp³-hybridized carbons (Fsp3) is 0.308. The summed E-state index contributed by atoms with van der Waals surface area (Å²) in [4.78, 5) is 34.3. The van der Waals surface area contributed by atoms with Crippen LogP contribution in [0, 0.1) is 0 Å². The smallest absolute Gasteiger partial charge is 0.330 e. The second-order valence-corrected chi connectivity index (χ2v) is 4.72. The van der Waals surface area contributed by atoms with E-state index in [1.165, 1.54) is 17.4 Å². The van der Waals surface area contributed by atoms with Gasteiger partial charge in [0.15, 0.2) is 5.78 Å². The molecule has 0 unspecified atom stereocenters. The van der Waals surface area contributed by atoms with Crippen molar-refractivity contribution >= 4 is 35.1 Å². The van der Waals surface area contributed by atoms with Crippen molar-refractivity contribution in [1.29, 1.82) is 0 Å². The molecule has 1 heterocycles. The second-order valence-electron chi connectivity index (χ2n) is 3.60. The van der Waals surface area contributed by atoms with Crippen molar-refractivity contribution in [3.05, 3.63) is 28.0 Å². The summed E-state index contributed by atoms with van der Waals surface area (Å²) < 4.78 is 4.73. The van der Waals surface area contributed by atoms with Crippen LogP contribution < -0.4 is 0 Å². The van der Waals surface area contributed by atoms with Crippen LogP contribution in [0.2, 0.25) is 0 Å². The number of carboxylic acid groups (broad SMARTS) is 1.